The molecular formula is C15H14N4O7. The molecule has 2 rings (SSSR count). The Morgan fingerprint density at radius 3 is 2.50 bits per heavy atom. The van der Waals surface area contributed by atoms with Crippen LogP contribution in [0.2, 0.25) is 0 Å². The lowest BCUT2D eigenvalue weighted by atomic mass is 10.2. The standard InChI is InChI=1S/C15H14N4O7/c1-9-5-10(18(22)23)7-17(15(9)21)8-14(20)16-12-4-3-11(26-2)6-13(12)19(24)25/h3-7H,8H2,1-2H3,(H,16,20). The van der Waals surface area contributed by atoms with Crippen molar-refractivity contribution in [2.45, 2.75) is 13.5 Å². The molecule has 2 aromatic rings. The van der Waals surface area contributed by atoms with Crippen molar-refractivity contribution in [2.24, 2.45) is 0 Å². The Bertz CT molecular complexity index is 951. The van der Waals surface area contributed by atoms with Crippen LogP contribution in [0.5, 0.6) is 5.75 Å². The number of nitro benzene ring substituents is 1. The predicted octanol–water partition coefficient (Wildman–Crippen LogP) is 1.62. The van der Waals surface area contributed by atoms with Crippen LogP contribution in [-0.2, 0) is 11.3 Å². The van der Waals surface area contributed by atoms with Gasteiger partial charge >= 0.3 is 0 Å². The molecule has 0 aliphatic heterocycles. The number of benzene rings is 1. The smallest absolute Gasteiger partial charge is 0.296 e. The van der Waals surface area contributed by atoms with Crippen molar-refractivity contribution in [2.75, 3.05) is 12.4 Å². The first-order valence-electron chi connectivity index (χ1n) is 7.20. The number of pyridine rings is 1. The van der Waals surface area contributed by atoms with Crippen LogP contribution < -0.4 is 15.6 Å². The van der Waals surface area contributed by atoms with Gasteiger partial charge in [0.1, 0.15) is 18.0 Å². The Kier molecular flexibility index (Phi) is 5.30. The number of aryl methyl sites for hydroxylation is 1. The van der Waals surface area contributed by atoms with Crippen LogP contribution in [0.15, 0.2) is 35.3 Å². The number of nitrogens with one attached hydrogen (secondary N) is 1. The van der Waals surface area contributed by atoms with E-state index in [0.717, 1.165) is 22.9 Å². The SMILES string of the molecule is COc1ccc(NC(=O)Cn2cc([N+](=O)[O-])cc(C)c2=O)c([N+](=O)[O-])c1. The molecule has 26 heavy (non-hydrogen) atoms. The minimum Gasteiger partial charge on any atom is -0.496 e. The van der Waals surface area contributed by atoms with Crippen molar-refractivity contribution in [1.82, 2.24) is 4.57 Å². The Hall–Kier alpha value is -3.76. The number of rotatable bonds is 6. The number of nitro groups is 2. The highest BCUT2D eigenvalue weighted by molar-refractivity contribution is 5.93. The summed E-state index contributed by atoms with van der Waals surface area (Å²) in [4.78, 5) is 44.8. The number of carbonyl (C=O) groups is 1. The van der Waals surface area contributed by atoms with Gasteiger partial charge in [0.2, 0.25) is 5.91 Å². The first-order valence-corrected chi connectivity index (χ1v) is 7.20. The summed E-state index contributed by atoms with van der Waals surface area (Å²) in [5, 5.41) is 24.3. The van der Waals surface area contributed by atoms with Crippen LogP contribution >= 0.6 is 0 Å². The Morgan fingerprint density at radius 2 is 1.92 bits per heavy atom. The van der Waals surface area contributed by atoms with E-state index in [1.165, 1.54) is 26.2 Å². The molecule has 0 bridgehead atoms. The summed E-state index contributed by atoms with van der Waals surface area (Å²) in [6.07, 6.45) is 0.942. The quantitative estimate of drug-likeness (QED) is 0.606. The molecule has 0 aliphatic carbocycles. The Morgan fingerprint density at radius 1 is 1.23 bits per heavy atom. The zero-order valence-electron chi connectivity index (χ0n) is 13.8. The number of nitrogens with zero attached hydrogens (tertiary/aromatic N) is 3. The van der Waals surface area contributed by atoms with Gasteiger partial charge in [0.25, 0.3) is 16.9 Å². The molecule has 1 aromatic heterocycles. The van der Waals surface area contributed by atoms with E-state index in [-0.39, 0.29) is 28.4 Å². The number of carbonyl (C=O) groups excluding carboxylic acids is 1. The number of anilines is 1. The number of hydrogen-bond acceptors (Lipinski definition) is 7. The van der Waals surface area contributed by atoms with Crippen LogP contribution in [-0.4, -0.2) is 27.4 Å². The number of hydrogen-bond donors (Lipinski definition) is 1. The van der Waals surface area contributed by atoms with Crippen LogP contribution in [0.1, 0.15) is 5.56 Å². The molecule has 0 fully saturated rings. The van der Waals surface area contributed by atoms with Crippen LogP contribution in [0.25, 0.3) is 0 Å². The minimum atomic E-state index is -0.750. The fraction of sp³-hybridized carbons (Fsp3) is 0.200. The third kappa shape index (κ3) is 4.01. The molecule has 0 aliphatic rings. The fourth-order valence-electron chi connectivity index (χ4n) is 2.22. The summed E-state index contributed by atoms with van der Waals surface area (Å²) < 4.78 is 5.77. The van der Waals surface area contributed by atoms with Crippen molar-refractivity contribution in [1.29, 1.82) is 0 Å². The Balaban J connectivity index is 2.29. The fourth-order valence-corrected chi connectivity index (χ4v) is 2.22. The van der Waals surface area contributed by atoms with Gasteiger partial charge in [-0.05, 0) is 19.1 Å². The molecule has 11 nitrogen and oxygen atoms in total. The monoisotopic (exact) mass is 362 g/mol. The van der Waals surface area contributed by atoms with Gasteiger partial charge in [0.05, 0.1) is 29.2 Å². The van der Waals surface area contributed by atoms with E-state index in [9.17, 15) is 29.8 Å². The van der Waals surface area contributed by atoms with Crippen molar-refractivity contribution < 1.29 is 19.4 Å². The van der Waals surface area contributed by atoms with Gasteiger partial charge in [-0.2, -0.15) is 0 Å². The first kappa shape index (κ1) is 18.6. The second-order valence-corrected chi connectivity index (χ2v) is 5.26. The normalized spacial score (nSPS) is 10.2. The lowest BCUT2D eigenvalue weighted by molar-refractivity contribution is -0.385. The van der Waals surface area contributed by atoms with E-state index in [4.69, 9.17) is 4.74 Å². The van der Waals surface area contributed by atoms with E-state index in [1.54, 1.807) is 0 Å². The van der Waals surface area contributed by atoms with Crippen LogP contribution in [0.3, 0.4) is 0 Å². The third-order valence-corrected chi connectivity index (χ3v) is 3.45. The van der Waals surface area contributed by atoms with Crippen LogP contribution in [0, 0.1) is 27.2 Å². The van der Waals surface area contributed by atoms with Gasteiger partial charge in [0, 0.05) is 11.6 Å². The molecule has 1 heterocycles. The van der Waals surface area contributed by atoms with E-state index in [0.29, 0.717) is 0 Å². The summed E-state index contributed by atoms with van der Waals surface area (Å²) in [6.45, 7) is 0.850. The molecule has 136 valence electrons. The van der Waals surface area contributed by atoms with Gasteiger partial charge in [-0.15, -0.1) is 0 Å². The second kappa shape index (κ2) is 7.42. The van der Waals surface area contributed by atoms with Gasteiger partial charge in [-0.3, -0.25) is 34.4 Å². The maximum atomic E-state index is 12.2. The van der Waals surface area contributed by atoms with Crippen molar-refractivity contribution >= 4 is 23.0 Å². The topological polar surface area (TPSA) is 147 Å². The highest BCUT2D eigenvalue weighted by Gasteiger charge is 2.19. The number of aromatic nitrogens is 1. The van der Waals surface area contributed by atoms with Gasteiger partial charge < -0.3 is 10.1 Å². The molecule has 0 unspecified atom stereocenters. The maximum absolute atomic E-state index is 12.2. The second-order valence-electron chi connectivity index (χ2n) is 5.26. The molecule has 1 N–H and O–H groups in total. The van der Waals surface area contributed by atoms with Crippen LogP contribution in [0.4, 0.5) is 17.1 Å². The molecule has 1 aromatic carbocycles. The summed E-state index contributed by atoms with van der Waals surface area (Å²) in [5.41, 5.74) is -1.29. The van der Waals surface area contributed by atoms with Gasteiger partial charge in [-0.25, -0.2) is 0 Å². The van der Waals surface area contributed by atoms with E-state index < -0.39 is 27.9 Å². The summed E-state index contributed by atoms with van der Waals surface area (Å²) in [7, 11) is 1.34. The maximum Gasteiger partial charge on any atom is 0.296 e. The van der Waals surface area contributed by atoms with Crippen molar-refractivity contribution in [3.63, 3.8) is 0 Å². The largest absolute Gasteiger partial charge is 0.496 e. The van der Waals surface area contributed by atoms with E-state index in [2.05, 4.69) is 5.32 Å². The van der Waals surface area contributed by atoms with Crippen molar-refractivity contribution in [3.05, 3.63) is 66.6 Å². The lowest BCUT2D eigenvalue weighted by Gasteiger charge is -2.09. The van der Waals surface area contributed by atoms with E-state index in [1.807, 2.05) is 0 Å². The summed E-state index contributed by atoms with van der Waals surface area (Å²) in [5.74, 6) is -0.513. The molecule has 0 radical (unpaired) electrons. The average Bonchev–Trinajstić information content (AvgIpc) is 2.58. The zero-order valence-corrected chi connectivity index (χ0v) is 13.8. The highest BCUT2D eigenvalue weighted by Crippen LogP contribution is 2.28. The zero-order chi connectivity index (χ0) is 19.4. The van der Waals surface area contributed by atoms with Gasteiger partial charge in [-0.1, -0.05) is 0 Å². The molecule has 1 amide bonds. The minimum absolute atomic E-state index is 0.0870. The number of amides is 1. The molecule has 0 saturated carbocycles. The predicted molar refractivity (Wildman–Crippen MR) is 90.4 cm³/mol. The third-order valence-electron chi connectivity index (χ3n) is 3.45. The first-order chi connectivity index (χ1) is 12.2. The summed E-state index contributed by atoms with van der Waals surface area (Å²) in [6, 6.07) is 4.95. The molecular weight excluding hydrogens is 348 g/mol. The lowest BCUT2D eigenvalue weighted by Crippen LogP contribution is -2.28. The van der Waals surface area contributed by atoms with Crippen molar-refractivity contribution in [3.8, 4) is 5.75 Å². The van der Waals surface area contributed by atoms with Gasteiger partial charge in [0.15, 0.2) is 0 Å². The molecule has 0 atom stereocenters. The summed E-state index contributed by atoms with van der Waals surface area (Å²) >= 11 is 0. The Labute approximate surface area is 146 Å². The highest BCUT2D eigenvalue weighted by atomic mass is 16.6. The van der Waals surface area contributed by atoms with E-state index >= 15 is 0 Å². The molecule has 11 heteroatoms. The molecule has 0 spiro atoms. The number of methoxy groups -OCH3 is 1. The average molecular weight is 362 g/mol. The number of ether oxygens (including phenoxy) is 1. The molecule has 0 saturated heterocycles.